The van der Waals surface area contributed by atoms with Gasteiger partial charge in [-0.05, 0) is 49.9 Å². The van der Waals surface area contributed by atoms with Crippen molar-refractivity contribution in [3.05, 3.63) is 42.7 Å². The number of carbonyl (C=O) groups is 1. The van der Waals surface area contributed by atoms with Crippen molar-refractivity contribution in [1.29, 1.82) is 0 Å². The standard InChI is InChI=1S/C25H32FN3O4/c1-18(26)33-22-9-7-21(8-10-22)29(23-17-27-12-11-24(23)31-2)20-5-3-19(4-6-20)25(30)28-13-15-32-16-14-28/h7-12,17-20H,3-6,13-16H2,1-2H3/t18-,19?,20?/m0/s1. The number of nitrogens with zero attached hydrogens (tertiary/aromatic N) is 3. The Balaban J connectivity index is 1.54. The van der Waals surface area contributed by atoms with Crippen LogP contribution in [0, 0.1) is 5.92 Å². The van der Waals surface area contributed by atoms with Crippen LogP contribution in [-0.2, 0) is 9.53 Å². The molecule has 33 heavy (non-hydrogen) atoms. The Morgan fingerprint density at radius 2 is 1.85 bits per heavy atom. The summed E-state index contributed by atoms with van der Waals surface area (Å²) in [4.78, 5) is 21.5. The molecule has 0 unspecified atom stereocenters. The second kappa shape index (κ2) is 10.8. The van der Waals surface area contributed by atoms with E-state index in [1.54, 1.807) is 31.6 Å². The first kappa shape index (κ1) is 23.3. The number of methoxy groups -OCH3 is 1. The molecular formula is C25H32FN3O4. The number of ether oxygens (including phenoxy) is 3. The molecule has 8 heteroatoms. The zero-order valence-corrected chi connectivity index (χ0v) is 19.3. The minimum absolute atomic E-state index is 0.0545. The average molecular weight is 458 g/mol. The van der Waals surface area contributed by atoms with E-state index in [9.17, 15) is 9.18 Å². The highest BCUT2D eigenvalue weighted by atomic mass is 19.1. The Bertz CT molecular complexity index is 910. The van der Waals surface area contributed by atoms with E-state index in [0.29, 0.717) is 32.1 Å². The number of aromatic nitrogens is 1. The number of hydrogen-bond donors (Lipinski definition) is 0. The smallest absolute Gasteiger partial charge is 0.235 e. The molecule has 0 spiro atoms. The molecule has 1 aromatic heterocycles. The molecule has 4 rings (SSSR count). The Hall–Kier alpha value is -2.87. The molecule has 0 radical (unpaired) electrons. The number of amides is 1. The van der Waals surface area contributed by atoms with Crippen molar-refractivity contribution in [3.8, 4) is 11.5 Å². The van der Waals surface area contributed by atoms with Crippen LogP contribution in [0.1, 0.15) is 32.6 Å². The summed E-state index contributed by atoms with van der Waals surface area (Å²) in [6, 6.07) is 9.43. The van der Waals surface area contributed by atoms with Crippen molar-refractivity contribution in [3.63, 3.8) is 0 Å². The van der Waals surface area contributed by atoms with Crippen LogP contribution in [-0.4, -0.2) is 61.6 Å². The first-order chi connectivity index (χ1) is 16.1. The molecule has 0 N–H and O–H groups in total. The fourth-order valence-corrected chi connectivity index (χ4v) is 4.77. The van der Waals surface area contributed by atoms with Crippen LogP contribution >= 0.6 is 0 Å². The summed E-state index contributed by atoms with van der Waals surface area (Å²) in [5.74, 6) is 1.52. The minimum atomic E-state index is -1.37. The van der Waals surface area contributed by atoms with Gasteiger partial charge in [0.05, 0.1) is 26.5 Å². The van der Waals surface area contributed by atoms with Gasteiger partial charge in [0, 0.05) is 49.9 Å². The predicted octanol–water partition coefficient (Wildman–Crippen LogP) is 4.34. The fourth-order valence-electron chi connectivity index (χ4n) is 4.77. The summed E-state index contributed by atoms with van der Waals surface area (Å²) in [7, 11) is 1.65. The van der Waals surface area contributed by atoms with Gasteiger partial charge in [0.1, 0.15) is 17.2 Å². The van der Waals surface area contributed by atoms with E-state index in [-0.39, 0.29) is 17.9 Å². The largest absolute Gasteiger partial charge is 0.494 e. The van der Waals surface area contributed by atoms with Gasteiger partial charge in [0.25, 0.3) is 0 Å². The Labute approximate surface area is 194 Å². The average Bonchev–Trinajstić information content (AvgIpc) is 2.86. The highest BCUT2D eigenvalue weighted by Gasteiger charge is 2.33. The van der Waals surface area contributed by atoms with E-state index in [2.05, 4.69) is 9.88 Å². The second-order valence-corrected chi connectivity index (χ2v) is 8.52. The summed E-state index contributed by atoms with van der Waals surface area (Å²) >= 11 is 0. The van der Waals surface area contributed by atoms with Gasteiger partial charge in [-0.3, -0.25) is 9.78 Å². The highest BCUT2D eigenvalue weighted by Crippen LogP contribution is 2.40. The summed E-state index contributed by atoms with van der Waals surface area (Å²) in [6.07, 6.45) is 5.55. The van der Waals surface area contributed by atoms with Crippen molar-refractivity contribution in [2.45, 2.75) is 45.0 Å². The van der Waals surface area contributed by atoms with Crippen LogP contribution in [0.4, 0.5) is 15.8 Å². The van der Waals surface area contributed by atoms with Crippen molar-refractivity contribution in [2.24, 2.45) is 5.92 Å². The number of halogens is 1. The second-order valence-electron chi connectivity index (χ2n) is 8.52. The molecule has 1 aliphatic carbocycles. The lowest BCUT2D eigenvalue weighted by Crippen LogP contribution is -2.45. The zero-order chi connectivity index (χ0) is 23.2. The van der Waals surface area contributed by atoms with E-state index >= 15 is 0 Å². The van der Waals surface area contributed by atoms with Crippen LogP contribution in [0.25, 0.3) is 0 Å². The lowest BCUT2D eigenvalue weighted by molar-refractivity contribution is -0.140. The molecule has 0 bridgehead atoms. The molecule has 2 fully saturated rings. The highest BCUT2D eigenvalue weighted by molar-refractivity contribution is 5.79. The minimum Gasteiger partial charge on any atom is -0.494 e. The third-order valence-electron chi connectivity index (χ3n) is 6.39. The number of alkyl halides is 1. The number of hydrogen-bond acceptors (Lipinski definition) is 6. The predicted molar refractivity (Wildman–Crippen MR) is 124 cm³/mol. The molecule has 1 saturated carbocycles. The summed E-state index contributed by atoms with van der Waals surface area (Å²) in [6.45, 7) is 3.97. The van der Waals surface area contributed by atoms with Crippen molar-refractivity contribution in [2.75, 3.05) is 38.3 Å². The van der Waals surface area contributed by atoms with Crippen molar-refractivity contribution < 1.29 is 23.4 Å². The number of rotatable bonds is 7. The Morgan fingerprint density at radius 1 is 1.15 bits per heavy atom. The number of morpholine rings is 1. The summed E-state index contributed by atoms with van der Waals surface area (Å²) < 4.78 is 29.4. The van der Waals surface area contributed by atoms with Crippen LogP contribution in [0.3, 0.4) is 0 Å². The molecule has 2 aromatic rings. The third kappa shape index (κ3) is 5.55. The maximum Gasteiger partial charge on any atom is 0.235 e. The molecule has 1 aromatic carbocycles. The molecule has 1 amide bonds. The normalized spacial score (nSPS) is 21.8. The van der Waals surface area contributed by atoms with Gasteiger partial charge < -0.3 is 24.0 Å². The van der Waals surface area contributed by atoms with E-state index in [1.165, 1.54) is 6.92 Å². The van der Waals surface area contributed by atoms with Gasteiger partial charge >= 0.3 is 0 Å². The Kier molecular flexibility index (Phi) is 7.65. The topological polar surface area (TPSA) is 64.1 Å². The third-order valence-corrected chi connectivity index (χ3v) is 6.39. The van der Waals surface area contributed by atoms with E-state index in [1.807, 2.05) is 23.1 Å². The summed E-state index contributed by atoms with van der Waals surface area (Å²) in [5, 5.41) is 0. The van der Waals surface area contributed by atoms with Gasteiger partial charge in [-0.25, -0.2) is 4.39 Å². The molecule has 7 nitrogen and oxygen atoms in total. The quantitative estimate of drug-likeness (QED) is 0.616. The van der Waals surface area contributed by atoms with Crippen LogP contribution in [0.15, 0.2) is 42.7 Å². The van der Waals surface area contributed by atoms with Crippen molar-refractivity contribution in [1.82, 2.24) is 9.88 Å². The fraction of sp³-hybridized carbons (Fsp3) is 0.520. The SMILES string of the molecule is COc1ccncc1N(c1ccc(O[C@@H](C)F)cc1)C1CCC(C(=O)N2CCOCC2)CC1. The maximum absolute atomic E-state index is 13.2. The van der Waals surface area contributed by atoms with E-state index in [4.69, 9.17) is 14.2 Å². The van der Waals surface area contributed by atoms with Crippen LogP contribution in [0.2, 0.25) is 0 Å². The van der Waals surface area contributed by atoms with E-state index in [0.717, 1.165) is 42.8 Å². The maximum atomic E-state index is 13.2. The molecule has 1 saturated heterocycles. The number of carbonyl (C=O) groups excluding carboxylic acids is 1. The lowest BCUT2D eigenvalue weighted by Gasteiger charge is -2.39. The molecule has 1 atom stereocenters. The van der Waals surface area contributed by atoms with Crippen molar-refractivity contribution >= 4 is 17.3 Å². The molecule has 2 heterocycles. The molecule has 1 aliphatic heterocycles. The molecular weight excluding hydrogens is 425 g/mol. The monoisotopic (exact) mass is 457 g/mol. The number of pyridine rings is 1. The Morgan fingerprint density at radius 3 is 2.48 bits per heavy atom. The first-order valence-electron chi connectivity index (χ1n) is 11.6. The van der Waals surface area contributed by atoms with E-state index < -0.39 is 6.36 Å². The lowest BCUT2D eigenvalue weighted by atomic mass is 9.84. The molecule has 178 valence electrons. The molecule has 2 aliphatic rings. The van der Waals surface area contributed by atoms with Gasteiger partial charge in [-0.1, -0.05) is 0 Å². The number of benzene rings is 1. The summed E-state index contributed by atoms with van der Waals surface area (Å²) in [5.41, 5.74) is 1.82. The van der Waals surface area contributed by atoms with Crippen LogP contribution in [0.5, 0.6) is 11.5 Å². The van der Waals surface area contributed by atoms with Gasteiger partial charge in [-0.2, -0.15) is 0 Å². The first-order valence-corrected chi connectivity index (χ1v) is 11.6. The van der Waals surface area contributed by atoms with Gasteiger partial charge in [0.2, 0.25) is 12.3 Å². The number of anilines is 2. The van der Waals surface area contributed by atoms with Crippen LogP contribution < -0.4 is 14.4 Å². The van der Waals surface area contributed by atoms with Gasteiger partial charge in [0.15, 0.2) is 0 Å². The van der Waals surface area contributed by atoms with Gasteiger partial charge in [-0.15, -0.1) is 0 Å². The zero-order valence-electron chi connectivity index (χ0n) is 19.3.